The highest BCUT2D eigenvalue weighted by Gasteiger charge is 2.21. The van der Waals surface area contributed by atoms with Crippen LogP contribution in [0.4, 0.5) is 0 Å². The number of aryl methyl sites for hydroxylation is 1. The lowest BCUT2D eigenvalue weighted by atomic mass is 10.1. The van der Waals surface area contributed by atoms with Gasteiger partial charge in [0.25, 0.3) is 0 Å². The molecule has 0 bridgehead atoms. The van der Waals surface area contributed by atoms with Crippen molar-refractivity contribution in [2.45, 2.75) is 37.3 Å². The molecule has 0 amide bonds. The van der Waals surface area contributed by atoms with Crippen molar-refractivity contribution in [2.24, 2.45) is 0 Å². The van der Waals surface area contributed by atoms with Crippen LogP contribution in [0.2, 0.25) is 0 Å². The molecule has 0 saturated carbocycles. The zero-order chi connectivity index (χ0) is 17.5. The van der Waals surface area contributed by atoms with Crippen LogP contribution < -0.4 is 0 Å². The smallest absolute Gasteiger partial charge is 0.315 e. The van der Waals surface area contributed by atoms with Crippen LogP contribution in [0.15, 0.2) is 69.2 Å². The zero-order valence-electron chi connectivity index (χ0n) is 13.9. The SMILES string of the molecule is O=S(=O)(CCCCCCc1ccccc1)c1ncc(-c2ccoc2)o1. The number of benzene rings is 1. The van der Waals surface area contributed by atoms with Crippen LogP contribution in [0.1, 0.15) is 31.2 Å². The van der Waals surface area contributed by atoms with Crippen molar-refractivity contribution in [2.75, 3.05) is 5.75 Å². The van der Waals surface area contributed by atoms with Crippen molar-refractivity contribution < 1.29 is 17.3 Å². The van der Waals surface area contributed by atoms with Crippen LogP contribution in [-0.2, 0) is 16.3 Å². The Balaban J connectivity index is 1.43. The van der Waals surface area contributed by atoms with Crippen molar-refractivity contribution in [3.63, 3.8) is 0 Å². The molecule has 25 heavy (non-hydrogen) atoms. The highest BCUT2D eigenvalue weighted by molar-refractivity contribution is 7.91. The Kier molecular flexibility index (Phi) is 5.71. The second-order valence-electron chi connectivity index (χ2n) is 5.97. The van der Waals surface area contributed by atoms with Crippen LogP contribution >= 0.6 is 0 Å². The van der Waals surface area contributed by atoms with E-state index in [-0.39, 0.29) is 11.0 Å². The molecule has 3 rings (SSSR count). The number of unbranched alkanes of at least 4 members (excludes halogenated alkanes) is 3. The molecule has 2 heterocycles. The largest absolute Gasteiger partial charge is 0.472 e. The Labute approximate surface area is 147 Å². The first-order valence-electron chi connectivity index (χ1n) is 8.40. The summed E-state index contributed by atoms with van der Waals surface area (Å²) in [6.07, 6.45) is 9.00. The molecule has 2 aromatic heterocycles. The van der Waals surface area contributed by atoms with E-state index >= 15 is 0 Å². The molecule has 132 valence electrons. The molecule has 0 unspecified atom stereocenters. The first-order valence-corrected chi connectivity index (χ1v) is 10.1. The molecule has 0 aliphatic rings. The highest BCUT2D eigenvalue weighted by Crippen LogP contribution is 2.23. The molecule has 0 saturated heterocycles. The summed E-state index contributed by atoms with van der Waals surface area (Å²) in [5, 5.41) is -0.215. The summed E-state index contributed by atoms with van der Waals surface area (Å²) in [7, 11) is -3.48. The van der Waals surface area contributed by atoms with Gasteiger partial charge in [-0.05, 0) is 30.9 Å². The summed E-state index contributed by atoms with van der Waals surface area (Å²) in [4.78, 5) is 3.90. The molecule has 6 heteroatoms. The Morgan fingerprint density at radius 1 is 0.960 bits per heavy atom. The molecule has 0 N–H and O–H groups in total. The highest BCUT2D eigenvalue weighted by atomic mass is 32.2. The normalized spacial score (nSPS) is 11.7. The second-order valence-corrected chi connectivity index (χ2v) is 7.96. The minimum atomic E-state index is -3.48. The fraction of sp³-hybridized carbons (Fsp3) is 0.316. The number of sulfone groups is 1. The van der Waals surface area contributed by atoms with Gasteiger partial charge < -0.3 is 8.83 Å². The van der Waals surface area contributed by atoms with Crippen molar-refractivity contribution in [1.29, 1.82) is 0 Å². The summed E-state index contributed by atoms with van der Waals surface area (Å²) in [6.45, 7) is 0. The third-order valence-corrected chi connectivity index (χ3v) is 5.57. The van der Waals surface area contributed by atoms with Gasteiger partial charge in [-0.3, -0.25) is 0 Å². The molecule has 0 fully saturated rings. The van der Waals surface area contributed by atoms with Crippen molar-refractivity contribution >= 4 is 9.84 Å². The topological polar surface area (TPSA) is 73.3 Å². The number of hydrogen-bond acceptors (Lipinski definition) is 5. The van der Waals surface area contributed by atoms with Gasteiger partial charge in [0.1, 0.15) is 6.26 Å². The average molecular weight is 359 g/mol. The minimum Gasteiger partial charge on any atom is -0.472 e. The van der Waals surface area contributed by atoms with Crippen LogP contribution in [0.5, 0.6) is 0 Å². The average Bonchev–Trinajstić information content (AvgIpc) is 3.30. The Morgan fingerprint density at radius 2 is 1.76 bits per heavy atom. The van der Waals surface area contributed by atoms with E-state index in [1.54, 1.807) is 6.07 Å². The number of nitrogens with zero attached hydrogens (tertiary/aromatic N) is 1. The number of aromatic nitrogens is 1. The predicted molar refractivity (Wildman–Crippen MR) is 94.9 cm³/mol. The van der Waals surface area contributed by atoms with Gasteiger partial charge in [0, 0.05) is 0 Å². The van der Waals surface area contributed by atoms with Gasteiger partial charge in [0.15, 0.2) is 5.76 Å². The molecule has 0 aliphatic carbocycles. The molecule has 5 nitrogen and oxygen atoms in total. The number of furan rings is 1. The summed E-state index contributed by atoms with van der Waals surface area (Å²) in [6, 6.07) is 12.0. The zero-order valence-corrected chi connectivity index (χ0v) is 14.7. The van der Waals surface area contributed by atoms with Crippen LogP contribution in [0.25, 0.3) is 11.3 Å². The molecule has 0 spiro atoms. The maximum Gasteiger partial charge on any atom is 0.315 e. The van der Waals surface area contributed by atoms with Gasteiger partial charge in [-0.2, -0.15) is 0 Å². The number of hydrogen-bond donors (Lipinski definition) is 0. The lowest BCUT2D eigenvalue weighted by molar-refractivity contribution is 0.438. The van der Waals surface area contributed by atoms with E-state index in [9.17, 15) is 8.42 Å². The summed E-state index contributed by atoms with van der Waals surface area (Å²) in [5.41, 5.74) is 2.00. The molecule has 1 aromatic carbocycles. The van der Waals surface area contributed by atoms with E-state index in [2.05, 4.69) is 17.1 Å². The summed E-state index contributed by atoms with van der Waals surface area (Å²) in [5.74, 6) is 0.458. The number of oxazole rings is 1. The lowest BCUT2D eigenvalue weighted by Gasteiger charge is -2.02. The maximum absolute atomic E-state index is 12.3. The van der Waals surface area contributed by atoms with Crippen LogP contribution in [0.3, 0.4) is 0 Å². The molecular formula is C19H21NO4S. The van der Waals surface area contributed by atoms with Gasteiger partial charge in [0.2, 0.25) is 9.84 Å². The van der Waals surface area contributed by atoms with Gasteiger partial charge in [-0.1, -0.05) is 43.2 Å². The van der Waals surface area contributed by atoms with Gasteiger partial charge in [0.05, 0.1) is 23.8 Å². The Bertz CT molecular complexity index is 867. The van der Waals surface area contributed by atoms with E-state index in [0.717, 1.165) is 25.7 Å². The summed E-state index contributed by atoms with van der Waals surface area (Å²) >= 11 is 0. The van der Waals surface area contributed by atoms with Gasteiger partial charge >= 0.3 is 5.22 Å². The summed E-state index contributed by atoms with van der Waals surface area (Å²) < 4.78 is 34.9. The quantitative estimate of drug-likeness (QED) is 0.526. The van der Waals surface area contributed by atoms with Gasteiger partial charge in [-0.25, -0.2) is 13.4 Å². The Morgan fingerprint density at radius 3 is 2.52 bits per heavy atom. The lowest BCUT2D eigenvalue weighted by Crippen LogP contribution is -2.07. The predicted octanol–water partition coefficient (Wildman–Crippen LogP) is 4.51. The molecule has 3 aromatic rings. The third kappa shape index (κ3) is 4.82. The monoisotopic (exact) mass is 359 g/mol. The number of rotatable bonds is 9. The van der Waals surface area contributed by atoms with Gasteiger partial charge in [-0.15, -0.1) is 0 Å². The first-order chi connectivity index (χ1) is 12.1. The fourth-order valence-electron chi connectivity index (χ4n) is 2.65. The van der Waals surface area contributed by atoms with E-state index < -0.39 is 9.84 Å². The van der Waals surface area contributed by atoms with Crippen LogP contribution in [0, 0.1) is 0 Å². The standard InChI is InChI=1S/C19H21NO4S/c21-25(22,19-20-14-18(24-19)17-11-12-23-15-17)13-7-2-1-4-8-16-9-5-3-6-10-16/h3,5-6,9-12,14-15H,1-2,4,7-8,13H2. The molecule has 0 atom stereocenters. The van der Waals surface area contributed by atoms with E-state index in [4.69, 9.17) is 8.83 Å². The van der Waals surface area contributed by atoms with E-state index in [0.29, 0.717) is 17.7 Å². The van der Waals surface area contributed by atoms with E-state index in [1.807, 2.05) is 18.2 Å². The Hall–Kier alpha value is -2.34. The van der Waals surface area contributed by atoms with E-state index in [1.165, 1.54) is 24.3 Å². The molecular weight excluding hydrogens is 338 g/mol. The second kappa shape index (κ2) is 8.16. The fourth-order valence-corrected chi connectivity index (χ4v) is 3.84. The third-order valence-electron chi connectivity index (χ3n) is 4.03. The van der Waals surface area contributed by atoms with Crippen molar-refractivity contribution in [1.82, 2.24) is 4.98 Å². The van der Waals surface area contributed by atoms with Crippen LogP contribution in [-0.4, -0.2) is 19.2 Å². The van der Waals surface area contributed by atoms with Crippen molar-refractivity contribution in [3.8, 4) is 11.3 Å². The first kappa shape index (κ1) is 17.5. The molecule has 0 radical (unpaired) electrons. The van der Waals surface area contributed by atoms with Crippen molar-refractivity contribution in [3.05, 3.63) is 60.7 Å². The minimum absolute atomic E-state index is 0.0592. The maximum atomic E-state index is 12.3. The molecule has 0 aliphatic heterocycles.